The SMILES string of the molecule is CCCCCCCCCCCCCCCCCC[Si](CCCCCCCCCCCC)(OCCOCC)OCCOCC. The van der Waals surface area contributed by atoms with Crippen LogP contribution in [0, 0.1) is 0 Å². The first-order chi connectivity index (χ1) is 21.2. The fraction of sp³-hybridized carbons (Fsp3) is 1.00. The normalized spacial score (nSPS) is 12.0. The molecule has 0 atom stereocenters. The fourth-order valence-corrected chi connectivity index (χ4v) is 9.54. The molecule has 0 aliphatic rings. The van der Waals surface area contributed by atoms with Gasteiger partial charge in [-0.25, -0.2) is 0 Å². The van der Waals surface area contributed by atoms with Crippen LogP contribution >= 0.6 is 0 Å². The Morgan fingerprint density at radius 3 is 0.814 bits per heavy atom. The molecule has 0 saturated carbocycles. The molecule has 0 spiro atoms. The number of ether oxygens (including phenoxy) is 2. The van der Waals surface area contributed by atoms with Crippen LogP contribution in [0.3, 0.4) is 0 Å². The van der Waals surface area contributed by atoms with Gasteiger partial charge in [0.15, 0.2) is 0 Å². The average molecular weight is 629 g/mol. The van der Waals surface area contributed by atoms with Gasteiger partial charge >= 0.3 is 8.56 Å². The quantitative estimate of drug-likeness (QED) is 0.0503. The van der Waals surface area contributed by atoms with Crippen molar-refractivity contribution in [3.05, 3.63) is 0 Å². The molecule has 0 amide bonds. The maximum atomic E-state index is 6.66. The van der Waals surface area contributed by atoms with Gasteiger partial charge in [-0.05, 0) is 25.9 Å². The minimum atomic E-state index is -2.25. The summed E-state index contributed by atoms with van der Waals surface area (Å²) in [6, 6.07) is 2.25. The van der Waals surface area contributed by atoms with E-state index in [1.807, 2.05) is 0 Å². The zero-order chi connectivity index (χ0) is 31.4. The van der Waals surface area contributed by atoms with Crippen LogP contribution < -0.4 is 0 Å². The van der Waals surface area contributed by atoms with E-state index in [4.69, 9.17) is 18.3 Å². The van der Waals surface area contributed by atoms with Crippen LogP contribution in [-0.2, 0) is 18.3 Å². The van der Waals surface area contributed by atoms with E-state index in [0.717, 1.165) is 25.3 Å². The molecule has 0 aromatic heterocycles. The van der Waals surface area contributed by atoms with Crippen LogP contribution in [0.25, 0.3) is 0 Å². The Bertz CT molecular complexity index is 492. The highest BCUT2D eigenvalue weighted by Gasteiger charge is 2.36. The maximum absolute atomic E-state index is 6.66. The van der Waals surface area contributed by atoms with E-state index < -0.39 is 8.56 Å². The van der Waals surface area contributed by atoms with Crippen LogP contribution in [-0.4, -0.2) is 48.2 Å². The summed E-state index contributed by atoms with van der Waals surface area (Å²) in [5.74, 6) is 0. The lowest BCUT2D eigenvalue weighted by molar-refractivity contribution is 0.0636. The Kier molecular flexibility index (Phi) is 36.6. The van der Waals surface area contributed by atoms with Gasteiger partial charge in [-0.2, -0.15) is 0 Å². The maximum Gasteiger partial charge on any atom is 0.338 e. The summed E-state index contributed by atoms with van der Waals surface area (Å²) in [5, 5.41) is 0. The molecular formula is C38H80O4Si. The molecule has 0 fully saturated rings. The summed E-state index contributed by atoms with van der Waals surface area (Å²) in [6.45, 7) is 12.9. The van der Waals surface area contributed by atoms with Crippen molar-refractivity contribution in [2.75, 3.05) is 39.6 Å². The zero-order valence-corrected chi connectivity index (χ0v) is 31.2. The van der Waals surface area contributed by atoms with E-state index in [-0.39, 0.29) is 0 Å². The van der Waals surface area contributed by atoms with Crippen LogP contribution in [0.5, 0.6) is 0 Å². The molecule has 260 valence electrons. The lowest BCUT2D eigenvalue weighted by Gasteiger charge is -2.31. The molecule has 0 bridgehead atoms. The van der Waals surface area contributed by atoms with E-state index in [0.29, 0.717) is 26.4 Å². The Morgan fingerprint density at radius 1 is 0.302 bits per heavy atom. The van der Waals surface area contributed by atoms with E-state index in [9.17, 15) is 0 Å². The molecule has 0 aliphatic carbocycles. The smallest absolute Gasteiger partial charge is 0.338 e. The largest absolute Gasteiger partial charge is 0.392 e. The van der Waals surface area contributed by atoms with Crippen LogP contribution in [0.1, 0.15) is 195 Å². The van der Waals surface area contributed by atoms with Crippen LogP contribution in [0.4, 0.5) is 0 Å². The topological polar surface area (TPSA) is 36.9 Å². The van der Waals surface area contributed by atoms with E-state index in [1.54, 1.807) is 0 Å². The molecule has 0 aromatic carbocycles. The van der Waals surface area contributed by atoms with Gasteiger partial charge < -0.3 is 18.3 Å². The van der Waals surface area contributed by atoms with Crippen LogP contribution in [0.15, 0.2) is 0 Å². The molecule has 0 N–H and O–H groups in total. The fourth-order valence-electron chi connectivity index (χ4n) is 6.14. The second-order valence-corrected chi connectivity index (χ2v) is 16.4. The van der Waals surface area contributed by atoms with Gasteiger partial charge in [0, 0.05) is 13.2 Å². The summed E-state index contributed by atoms with van der Waals surface area (Å²) in [6.07, 6.45) is 36.2. The summed E-state index contributed by atoms with van der Waals surface area (Å²) in [5.41, 5.74) is 0. The Labute approximate surface area is 272 Å². The Hall–Kier alpha value is 0.0569. The predicted molar refractivity (Wildman–Crippen MR) is 192 cm³/mol. The molecule has 0 aromatic rings. The third-order valence-corrected chi connectivity index (χ3v) is 12.6. The first-order valence-electron chi connectivity index (χ1n) is 19.7. The van der Waals surface area contributed by atoms with Gasteiger partial charge in [0.2, 0.25) is 0 Å². The number of hydrogen-bond acceptors (Lipinski definition) is 4. The summed E-state index contributed by atoms with van der Waals surface area (Å²) in [7, 11) is -2.25. The third kappa shape index (κ3) is 31.8. The molecule has 0 radical (unpaired) electrons. The van der Waals surface area contributed by atoms with Crippen LogP contribution in [0.2, 0.25) is 12.1 Å². The molecule has 43 heavy (non-hydrogen) atoms. The molecule has 5 heteroatoms. The molecule has 0 saturated heterocycles. The van der Waals surface area contributed by atoms with Crippen molar-refractivity contribution in [3.8, 4) is 0 Å². The second-order valence-electron chi connectivity index (χ2n) is 13.0. The lowest BCUT2D eigenvalue weighted by Crippen LogP contribution is -2.44. The standard InChI is InChI=1S/C38H80O4Si/c1-5-9-11-13-15-17-19-20-21-22-23-24-26-28-30-32-38-43(41-35-33-39-7-3,42-36-34-40-8-4)37-31-29-27-25-18-16-14-12-10-6-2/h5-38H2,1-4H3. The molecule has 0 rings (SSSR count). The van der Waals surface area contributed by atoms with Gasteiger partial charge in [0.25, 0.3) is 0 Å². The monoisotopic (exact) mass is 629 g/mol. The Balaban J connectivity index is 4.31. The molecular weight excluding hydrogens is 549 g/mol. The lowest BCUT2D eigenvalue weighted by atomic mass is 10.0. The minimum absolute atomic E-state index is 0.672. The van der Waals surface area contributed by atoms with Crippen molar-refractivity contribution >= 4 is 8.56 Å². The highest BCUT2D eigenvalue weighted by Crippen LogP contribution is 2.27. The zero-order valence-electron chi connectivity index (χ0n) is 30.2. The summed E-state index contributed by atoms with van der Waals surface area (Å²) >= 11 is 0. The van der Waals surface area contributed by atoms with Crippen molar-refractivity contribution in [2.24, 2.45) is 0 Å². The Morgan fingerprint density at radius 2 is 0.558 bits per heavy atom. The van der Waals surface area contributed by atoms with E-state index in [1.165, 1.54) is 167 Å². The van der Waals surface area contributed by atoms with E-state index in [2.05, 4.69) is 27.7 Å². The average Bonchev–Trinajstić information content (AvgIpc) is 3.02. The van der Waals surface area contributed by atoms with Crippen molar-refractivity contribution in [1.29, 1.82) is 0 Å². The molecule has 4 nitrogen and oxygen atoms in total. The van der Waals surface area contributed by atoms with Gasteiger partial charge in [0.05, 0.1) is 26.4 Å². The molecule has 0 unspecified atom stereocenters. The number of rotatable bonds is 38. The highest BCUT2D eigenvalue weighted by molar-refractivity contribution is 6.67. The van der Waals surface area contributed by atoms with Crippen molar-refractivity contribution < 1.29 is 18.3 Å². The third-order valence-electron chi connectivity index (χ3n) is 8.92. The molecule has 0 aliphatic heterocycles. The number of unbranched alkanes of at least 4 members (excludes halogenated alkanes) is 24. The van der Waals surface area contributed by atoms with Crippen molar-refractivity contribution in [3.63, 3.8) is 0 Å². The van der Waals surface area contributed by atoms with Crippen molar-refractivity contribution in [2.45, 2.75) is 207 Å². The van der Waals surface area contributed by atoms with Gasteiger partial charge in [-0.3, -0.25) is 0 Å². The van der Waals surface area contributed by atoms with Gasteiger partial charge in [0.1, 0.15) is 0 Å². The first-order valence-corrected chi connectivity index (χ1v) is 21.9. The number of hydrogen-bond donors (Lipinski definition) is 0. The first kappa shape index (κ1) is 43.1. The predicted octanol–water partition coefficient (Wildman–Crippen LogP) is 12.7. The van der Waals surface area contributed by atoms with E-state index >= 15 is 0 Å². The minimum Gasteiger partial charge on any atom is -0.392 e. The van der Waals surface area contributed by atoms with Crippen molar-refractivity contribution in [1.82, 2.24) is 0 Å². The molecule has 0 heterocycles. The summed E-state index contributed by atoms with van der Waals surface area (Å²) in [4.78, 5) is 0. The highest BCUT2D eigenvalue weighted by atomic mass is 28.4. The van der Waals surface area contributed by atoms with Gasteiger partial charge in [-0.1, -0.05) is 181 Å². The van der Waals surface area contributed by atoms with Gasteiger partial charge in [-0.15, -0.1) is 0 Å². The summed E-state index contributed by atoms with van der Waals surface area (Å²) < 4.78 is 24.6. The second kappa shape index (κ2) is 36.5.